The van der Waals surface area contributed by atoms with Crippen LogP contribution in [0.3, 0.4) is 0 Å². The quantitative estimate of drug-likeness (QED) is 0.292. The molecule has 1 unspecified atom stereocenters. The van der Waals surface area contributed by atoms with E-state index in [1.54, 1.807) is 60.4 Å². The van der Waals surface area contributed by atoms with Crippen molar-refractivity contribution in [2.24, 2.45) is 0 Å². The molecular weight excluding hydrogens is 475 g/mol. The number of aromatic nitrogens is 4. The van der Waals surface area contributed by atoms with E-state index in [-0.39, 0.29) is 5.69 Å². The number of hydrogen-bond acceptors (Lipinski definition) is 6. The molecule has 0 saturated heterocycles. The second-order valence-electron chi connectivity index (χ2n) is 7.82. The minimum Gasteiger partial charge on any atom is -0.392 e. The molecule has 0 bridgehead atoms. The molecular formula is C24H22F3N7O2. The Morgan fingerprint density at radius 1 is 1.03 bits per heavy atom. The van der Waals surface area contributed by atoms with Crippen LogP contribution in [0.15, 0.2) is 73.2 Å². The van der Waals surface area contributed by atoms with Crippen molar-refractivity contribution in [3.05, 3.63) is 78.8 Å². The van der Waals surface area contributed by atoms with Crippen molar-refractivity contribution >= 4 is 23.4 Å². The van der Waals surface area contributed by atoms with Gasteiger partial charge in [-0.25, -0.2) is 14.8 Å². The molecule has 12 heteroatoms. The van der Waals surface area contributed by atoms with Crippen molar-refractivity contribution in [3.8, 4) is 17.2 Å². The number of nitrogens with one attached hydrogen (secondary N) is 3. The normalized spacial score (nSPS) is 12.1. The first-order chi connectivity index (χ1) is 17.2. The lowest BCUT2D eigenvalue weighted by Gasteiger charge is -2.12. The summed E-state index contributed by atoms with van der Waals surface area (Å²) in [4.78, 5) is 25.2. The molecule has 0 spiro atoms. The third-order valence-corrected chi connectivity index (χ3v) is 4.93. The van der Waals surface area contributed by atoms with Gasteiger partial charge < -0.3 is 21.1 Å². The topological polar surface area (TPSA) is 117 Å². The summed E-state index contributed by atoms with van der Waals surface area (Å²) < 4.78 is 40.4. The van der Waals surface area contributed by atoms with Gasteiger partial charge in [-0.3, -0.25) is 4.57 Å². The molecule has 4 N–H and O–H groups in total. The first-order valence-corrected chi connectivity index (χ1v) is 10.8. The maximum Gasteiger partial charge on any atom is 0.416 e. The highest BCUT2D eigenvalue weighted by Gasteiger charge is 2.30. The van der Waals surface area contributed by atoms with Gasteiger partial charge in [0, 0.05) is 42.1 Å². The molecule has 2 aromatic heterocycles. The van der Waals surface area contributed by atoms with E-state index >= 15 is 0 Å². The molecule has 2 amide bonds. The SMILES string of the molecule is CC(O)CNc1nccc(-n2ccnc2-c2ccc(NC(=O)Nc3cccc(C(F)(F)F)c3)cc2)n1. The van der Waals surface area contributed by atoms with E-state index in [0.717, 1.165) is 17.7 Å². The Morgan fingerprint density at radius 2 is 1.78 bits per heavy atom. The maximum absolute atomic E-state index is 12.9. The number of halogens is 3. The number of carbonyl (C=O) groups is 1. The van der Waals surface area contributed by atoms with Gasteiger partial charge in [0.05, 0.1) is 11.7 Å². The highest BCUT2D eigenvalue weighted by Crippen LogP contribution is 2.30. The molecule has 1 atom stereocenters. The monoisotopic (exact) mass is 497 g/mol. The van der Waals surface area contributed by atoms with Gasteiger partial charge in [-0.2, -0.15) is 18.2 Å². The van der Waals surface area contributed by atoms with Gasteiger partial charge in [0.2, 0.25) is 5.95 Å². The number of anilines is 3. The minimum atomic E-state index is -4.50. The lowest BCUT2D eigenvalue weighted by molar-refractivity contribution is -0.137. The Morgan fingerprint density at radius 3 is 2.50 bits per heavy atom. The number of nitrogens with zero attached hydrogens (tertiary/aromatic N) is 4. The Bertz CT molecular complexity index is 1340. The summed E-state index contributed by atoms with van der Waals surface area (Å²) >= 11 is 0. The summed E-state index contributed by atoms with van der Waals surface area (Å²) in [6.45, 7) is 1.95. The summed E-state index contributed by atoms with van der Waals surface area (Å²) in [5, 5.41) is 17.4. The number of benzene rings is 2. The second-order valence-corrected chi connectivity index (χ2v) is 7.82. The van der Waals surface area contributed by atoms with E-state index in [9.17, 15) is 23.1 Å². The second kappa shape index (κ2) is 10.4. The predicted molar refractivity (Wildman–Crippen MR) is 129 cm³/mol. The summed E-state index contributed by atoms with van der Waals surface area (Å²) in [6.07, 6.45) is -0.107. The minimum absolute atomic E-state index is 0.0214. The van der Waals surface area contributed by atoms with Crippen LogP contribution < -0.4 is 16.0 Å². The average Bonchev–Trinajstić information content (AvgIpc) is 3.33. The third kappa shape index (κ3) is 6.16. The Labute approximate surface area is 204 Å². The van der Waals surface area contributed by atoms with Crippen LogP contribution in [-0.2, 0) is 6.18 Å². The zero-order valence-corrected chi connectivity index (χ0v) is 19.0. The van der Waals surface area contributed by atoms with E-state index < -0.39 is 23.9 Å². The average molecular weight is 497 g/mol. The molecule has 0 saturated carbocycles. The van der Waals surface area contributed by atoms with Crippen LogP contribution in [0.4, 0.5) is 35.3 Å². The van der Waals surface area contributed by atoms with E-state index in [4.69, 9.17) is 0 Å². The number of amides is 2. The van der Waals surface area contributed by atoms with Crippen LogP contribution in [0.25, 0.3) is 17.2 Å². The largest absolute Gasteiger partial charge is 0.416 e. The number of alkyl halides is 3. The maximum atomic E-state index is 12.9. The summed E-state index contributed by atoms with van der Waals surface area (Å²) in [7, 11) is 0. The van der Waals surface area contributed by atoms with E-state index in [2.05, 4.69) is 30.9 Å². The lowest BCUT2D eigenvalue weighted by Crippen LogP contribution is -2.19. The Balaban J connectivity index is 1.45. The van der Waals surface area contributed by atoms with E-state index in [0.29, 0.717) is 29.8 Å². The molecule has 2 heterocycles. The number of carbonyl (C=O) groups excluding carboxylic acids is 1. The van der Waals surface area contributed by atoms with Crippen molar-refractivity contribution in [2.75, 3.05) is 22.5 Å². The van der Waals surface area contributed by atoms with Crippen molar-refractivity contribution in [3.63, 3.8) is 0 Å². The molecule has 0 fully saturated rings. The number of aliphatic hydroxyl groups excluding tert-OH is 1. The molecule has 0 aliphatic heterocycles. The highest BCUT2D eigenvalue weighted by atomic mass is 19.4. The van der Waals surface area contributed by atoms with Gasteiger partial charge in [-0.15, -0.1) is 0 Å². The number of rotatable bonds is 7. The van der Waals surface area contributed by atoms with Crippen molar-refractivity contribution in [1.29, 1.82) is 0 Å². The standard InChI is InChI=1S/C24H22F3N7O2/c1-15(35)14-30-22-29-10-9-20(33-22)34-12-11-28-21(34)16-5-7-18(8-6-16)31-23(36)32-19-4-2-3-17(13-19)24(25,26)27/h2-13,15,35H,14H2,1H3,(H,29,30,33)(H2,31,32,36). The van der Waals surface area contributed by atoms with Crippen molar-refractivity contribution in [2.45, 2.75) is 19.2 Å². The third-order valence-electron chi connectivity index (χ3n) is 4.93. The number of imidazole rings is 1. The van der Waals surface area contributed by atoms with Crippen LogP contribution in [0, 0.1) is 0 Å². The number of hydrogen-bond donors (Lipinski definition) is 4. The van der Waals surface area contributed by atoms with Crippen molar-refractivity contribution < 1.29 is 23.1 Å². The van der Waals surface area contributed by atoms with Crippen LogP contribution in [0.1, 0.15) is 12.5 Å². The number of aliphatic hydroxyl groups is 1. The first kappa shape index (κ1) is 24.7. The highest BCUT2D eigenvalue weighted by molar-refractivity contribution is 5.99. The molecule has 2 aromatic carbocycles. The molecule has 4 rings (SSSR count). The number of urea groups is 1. The van der Waals surface area contributed by atoms with Crippen LogP contribution >= 0.6 is 0 Å². The van der Waals surface area contributed by atoms with Crippen LogP contribution in [0.5, 0.6) is 0 Å². The fourth-order valence-electron chi connectivity index (χ4n) is 3.28. The van der Waals surface area contributed by atoms with Crippen LogP contribution in [0.2, 0.25) is 0 Å². The molecule has 0 aliphatic rings. The van der Waals surface area contributed by atoms with Gasteiger partial charge in [0.15, 0.2) is 0 Å². The molecule has 0 aliphatic carbocycles. The fraction of sp³-hybridized carbons (Fsp3) is 0.167. The Hall–Kier alpha value is -4.45. The van der Waals surface area contributed by atoms with E-state index in [1.807, 2.05) is 0 Å². The molecule has 36 heavy (non-hydrogen) atoms. The first-order valence-electron chi connectivity index (χ1n) is 10.8. The molecule has 4 aromatic rings. The fourth-order valence-corrected chi connectivity index (χ4v) is 3.28. The van der Waals surface area contributed by atoms with Gasteiger partial charge in [-0.1, -0.05) is 6.07 Å². The Kier molecular flexibility index (Phi) is 7.15. The molecule has 9 nitrogen and oxygen atoms in total. The zero-order valence-electron chi connectivity index (χ0n) is 19.0. The van der Waals surface area contributed by atoms with Gasteiger partial charge in [0.1, 0.15) is 11.6 Å². The summed E-state index contributed by atoms with van der Waals surface area (Å²) in [6, 6.07) is 12.2. The summed E-state index contributed by atoms with van der Waals surface area (Å²) in [5.41, 5.74) is 0.344. The smallest absolute Gasteiger partial charge is 0.392 e. The predicted octanol–water partition coefficient (Wildman–Crippen LogP) is 4.78. The van der Waals surface area contributed by atoms with Gasteiger partial charge >= 0.3 is 12.2 Å². The van der Waals surface area contributed by atoms with Crippen molar-refractivity contribution in [1.82, 2.24) is 19.5 Å². The van der Waals surface area contributed by atoms with Gasteiger partial charge in [0.25, 0.3) is 0 Å². The lowest BCUT2D eigenvalue weighted by atomic mass is 10.2. The zero-order chi connectivity index (χ0) is 25.7. The van der Waals surface area contributed by atoms with E-state index in [1.165, 1.54) is 12.1 Å². The molecule has 0 radical (unpaired) electrons. The van der Waals surface area contributed by atoms with Gasteiger partial charge in [-0.05, 0) is 55.5 Å². The molecule has 186 valence electrons. The summed E-state index contributed by atoms with van der Waals surface area (Å²) in [5.74, 6) is 1.52. The van der Waals surface area contributed by atoms with Crippen LogP contribution in [-0.4, -0.2) is 43.3 Å².